The zero-order chi connectivity index (χ0) is 22.5. The van der Waals surface area contributed by atoms with E-state index in [0.29, 0.717) is 13.0 Å². The van der Waals surface area contributed by atoms with Gasteiger partial charge >= 0.3 is 6.09 Å². The van der Waals surface area contributed by atoms with Gasteiger partial charge in [-0.2, -0.15) is 8.42 Å². The molecule has 1 aromatic rings. The molecule has 1 aromatic carbocycles. The van der Waals surface area contributed by atoms with Crippen molar-refractivity contribution in [1.82, 2.24) is 10.2 Å². The number of alkyl carbamates (subject to hydrolysis) is 1. The summed E-state index contributed by atoms with van der Waals surface area (Å²) in [5.41, 5.74) is 0.358. The van der Waals surface area contributed by atoms with Crippen LogP contribution in [0.5, 0.6) is 0 Å². The number of hydrogen-bond acceptors (Lipinski definition) is 6. The molecule has 1 saturated heterocycles. The van der Waals surface area contributed by atoms with Gasteiger partial charge in [0.25, 0.3) is 10.1 Å². The monoisotopic (exact) mass is 440 g/mol. The predicted octanol–water partition coefficient (Wildman–Crippen LogP) is 2.71. The lowest BCUT2D eigenvalue weighted by Crippen LogP contribution is -2.35. The van der Waals surface area contributed by atoms with E-state index >= 15 is 0 Å². The quantitative estimate of drug-likeness (QED) is 0.624. The second-order valence-electron chi connectivity index (χ2n) is 8.55. The summed E-state index contributed by atoms with van der Waals surface area (Å²) in [7, 11) is -2.61. The average molecular weight is 441 g/mol. The van der Waals surface area contributed by atoms with E-state index < -0.39 is 33.6 Å². The number of likely N-dealkylation sites (tertiary alicyclic amines) is 1. The van der Waals surface area contributed by atoms with Crippen LogP contribution < -0.4 is 5.32 Å². The van der Waals surface area contributed by atoms with Crippen LogP contribution in [0.15, 0.2) is 30.3 Å². The van der Waals surface area contributed by atoms with E-state index in [1.165, 1.54) is 0 Å². The van der Waals surface area contributed by atoms with Crippen LogP contribution in [-0.2, 0) is 23.8 Å². The highest BCUT2D eigenvalue weighted by Gasteiger charge is 2.43. The Morgan fingerprint density at radius 3 is 2.47 bits per heavy atom. The van der Waals surface area contributed by atoms with Gasteiger partial charge in [-0.05, 0) is 39.7 Å². The van der Waals surface area contributed by atoms with Crippen molar-refractivity contribution < 1.29 is 26.9 Å². The zero-order valence-electron chi connectivity index (χ0n) is 18.3. The van der Waals surface area contributed by atoms with Crippen molar-refractivity contribution in [2.75, 3.05) is 26.0 Å². The zero-order valence-corrected chi connectivity index (χ0v) is 19.1. The van der Waals surface area contributed by atoms with Crippen molar-refractivity contribution in [2.24, 2.45) is 11.8 Å². The summed E-state index contributed by atoms with van der Waals surface area (Å²) < 4.78 is 33.9. The van der Waals surface area contributed by atoms with Crippen molar-refractivity contribution in [3.63, 3.8) is 0 Å². The van der Waals surface area contributed by atoms with E-state index in [9.17, 15) is 18.0 Å². The first kappa shape index (κ1) is 24.1. The maximum absolute atomic E-state index is 13.2. The van der Waals surface area contributed by atoms with E-state index in [0.717, 1.165) is 12.7 Å². The normalized spacial score (nSPS) is 20.8. The van der Waals surface area contributed by atoms with Crippen LogP contribution in [0.25, 0.3) is 0 Å². The Kier molecular flexibility index (Phi) is 7.87. The van der Waals surface area contributed by atoms with Gasteiger partial charge < -0.3 is 15.0 Å². The molecule has 1 aliphatic rings. The average Bonchev–Trinajstić information content (AvgIpc) is 2.95. The molecular weight excluding hydrogens is 408 g/mol. The molecule has 0 radical (unpaired) electrons. The Hall–Kier alpha value is -2.13. The third-order valence-corrected chi connectivity index (χ3v) is 6.49. The van der Waals surface area contributed by atoms with Crippen LogP contribution in [0.1, 0.15) is 45.7 Å². The van der Waals surface area contributed by atoms with Gasteiger partial charge in [0.15, 0.2) is 0 Å². The van der Waals surface area contributed by atoms with Crippen LogP contribution in [0.4, 0.5) is 4.79 Å². The standard InChI is InChI=1S/C21H32N2O6S/c1-15(16-9-7-6-8-10-16)23-13-17(14-30(26,27)28-5)18(19(23)24)11-12-22-20(25)29-21(2,3)4/h6-10,15,17-18H,11-14H2,1-5H3,(H,22,25)/t15-,17-,18-/m1/s1. The summed E-state index contributed by atoms with van der Waals surface area (Å²) in [4.78, 5) is 26.8. The molecule has 1 fully saturated rings. The number of carbonyl (C=O) groups excluding carboxylic acids is 2. The molecule has 0 saturated carbocycles. The molecule has 8 nitrogen and oxygen atoms in total. The molecule has 0 aromatic heterocycles. The van der Waals surface area contributed by atoms with Gasteiger partial charge in [0, 0.05) is 24.9 Å². The summed E-state index contributed by atoms with van der Waals surface area (Å²) in [6.45, 7) is 7.75. The van der Waals surface area contributed by atoms with Crippen molar-refractivity contribution in [3.05, 3.63) is 35.9 Å². The first-order valence-electron chi connectivity index (χ1n) is 10.0. The molecule has 2 rings (SSSR count). The number of ether oxygens (including phenoxy) is 1. The Balaban J connectivity index is 2.11. The molecule has 1 aliphatic heterocycles. The van der Waals surface area contributed by atoms with E-state index in [1.54, 1.807) is 25.7 Å². The lowest BCUT2D eigenvalue weighted by molar-refractivity contribution is -0.133. The van der Waals surface area contributed by atoms with Crippen LogP contribution >= 0.6 is 0 Å². The fraction of sp³-hybridized carbons (Fsp3) is 0.619. The first-order valence-corrected chi connectivity index (χ1v) is 11.6. The number of rotatable bonds is 8. The highest BCUT2D eigenvalue weighted by Crippen LogP contribution is 2.34. The summed E-state index contributed by atoms with van der Waals surface area (Å²) in [5.74, 6) is -1.32. The summed E-state index contributed by atoms with van der Waals surface area (Å²) in [5, 5.41) is 2.65. The first-order chi connectivity index (χ1) is 13.9. The van der Waals surface area contributed by atoms with Gasteiger partial charge in [0.1, 0.15) is 5.60 Å². The fourth-order valence-corrected chi connectivity index (χ4v) is 4.65. The van der Waals surface area contributed by atoms with Crippen LogP contribution in [0.2, 0.25) is 0 Å². The van der Waals surface area contributed by atoms with Crippen LogP contribution in [-0.4, -0.2) is 56.9 Å². The molecule has 1 heterocycles. The van der Waals surface area contributed by atoms with Crippen molar-refractivity contribution in [1.29, 1.82) is 0 Å². The molecule has 0 unspecified atom stereocenters. The van der Waals surface area contributed by atoms with Gasteiger partial charge in [-0.1, -0.05) is 30.3 Å². The minimum Gasteiger partial charge on any atom is -0.444 e. The van der Waals surface area contributed by atoms with Crippen LogP contribution in [0, 0.1) is 11.8 Å². The van der Waals surface area contributed by atoms with Gasteiger partial charge in [0.2, 0.25) is 5.91 Å². The molecule has 3 atom stereocenters. The summed E-state index contributed by atoms with van der Waals surface area (Å²) in [6.07, 6.45) is -0.247. The molecule has 168 valence electrons. The van der Waals surface area contributed by atoms with Crippen molar-refractivity contribution >= 4 is 22.1 Å². The van der Waals surface area contributed by atoms with Gasteiger partial charge in [-0.15, -0.1) is 0 Å². The molecule has 9 heteroatoms. The van der Waals surface area contributed by atoms with E-state index in [4.69, 9.17) is 4.74 Å². The number of carbonyl (C=O) groups is 2. The minimum atomic E-state index is -3.73. The third-order valence-electron chi connectivity index (χ3n) is 5.15. The Morgan fingerprint density at radius 1 is 1.27 bits per heavy atom. The highest BCUT2D eigenvalue weighted by atomic mass is 32.2. The lowest BCUT2D eigenvalue weighted by atomic mass is 9.94. The lowest BCUT2D eigenvalue weighted by Gasteiger charge is -2.25. The second-order valence-corrected chi connectivity index (χ2v) is 10.3. The Morgan fingerprint density at radius 2 is 1.90 bits per heavy atom. The number of hydrogen-bond donors (Lipinski definition) is 1. The smallest absolute Gasteiger partial charge is 0.407 e. The van der Waals surface area contributed by atoms with Gasteiger partial charge in [0.05, 0.1) is 18.9 Å². The Bertz CT molecular complexity index is 835. The topological polar surface area (TPSA) is 102 Å². The molecule has 0 bridgehead atoms. The summed E-state index contributed by atoms with van der Waals surface area (Å²) in [6, 6.07) is 9.41. The minimum absolute atomic E-state index is 0.117. The molecule has 30 heavy (non-hydrogen) atoms. The van der Waals surface area contributed by atoms with Crippen molar-refractivity contribution in [3.8, 4) is 0 Å². The fourth-order valence-electron chi connectivity index (χ4n) is 3.65. The third kappa shape index (κ3) is 6.70. The number of benzene rings is 1. The van der Waals surface area contributed by atoms with E-state index in [2.05, 4.69) is 9.50 Å². The molecular formula is C21H32N2O6S. The van der Waals surface area contributed by atoms with Gasteiger partial charge in [-0.25, -0.2) is 4.79 Å². The highest BCUT2D eigenvalue weighted by molar-refractivity contribution is 7.86. The SMILES string of the molecule is COS(=O)(=O)C[C@H]1CN([C@H](C)c2ccccc2)C(=O)[C@@H]1CCNC(=O)OC(C)(C)C. The molecule has 0 spiro atoms. The van der Waals surface area contributed by atoms with Crippen molar-refractivity contribution in [2.45, 2.75) is 45.8 Å². The summed E-state index contributed by atoms with van der Waals surface area (Å²) >= 11 is 0. The predicted molar refractivity (Wildman–Crippen MR) is 113 cm³/mol. The maximum atomic E-state index is 13.2. The molecule has 2 amide bonds. The number of nitrogens with zero attached hydrogens (tertiary/aromatic N) is 1. The number of nitrogens with one attached hydrogen (secondary N) is 1. The van der Waals surface area contributed by atoms with E-state index in [-0.39, 0.29) is 24.2 Å². The number of amides is 2. The van der Waals surface area contributed by atoms with E-state index in [1.807, 2.05) is 37.3 Å². The molecule has 0 aliphatic carbocycles. The second kappa shape index (κ2) is 9.78. The maximum Gasteiger partial charge on any atom is 0.407 e. The van der Waals surface area contributed by atoms with Crippen LogP contribution in [0.3, 0.4) is 0 Å². The molecule has 1 N–H and O–H groups in total. The Labute approximate surface area is 179 Å². The van der Waals surface area contributed by atoms with Gasteiger partial charge in [-0.3, -0.25) is 8.98 Å². The largest absolute Gasteiger partial charge is 0.444 e.